The summed E-state index contributed by atoms with van der Waals surface area (Å²) in [5.41, 5.74) is 0. The van der Waals surface area contributed by atoms with Gasteiger partial charge in [0.1, 0.15) is 0 Å². The maximum atomic E-state index is 12.0. The van der Waals surface area contributed by atoms with Gasteiger partial charge in [-0.25, -0.2) is 0 Å². The van der Waals surface area contributed by atoms with E-state index in [4.69, 9.17) is 0 Å². The van der Waals surface area contributed by atoms with E-state index in [0.29, 0.717) is 23.9 Å². The lowest BCUT2D eigenvalue weighted by Gasteiger charge is -2.39. The van der Waals surface area contributed by atoms with E-state index < -0.39 is 0 Å². The Bertz CT molecular complexity index is 203. The summed E-state index contributed by atoms with van der Waals surface area (Å²) in [7, 11) is 0. The van der Waals surface area contributed by atoms with Crippen LogP contribution in [-0.4, -0.2) is 22.9 Å². The third-order valence-electron chi connectivity index (χ3n) is 3.42. The second-order valence-corrected chi connectivity index (χ2v) is 5.36. The Hall–Kier alpha value is -0.530. The summed E-state index contributed by atoms with van der Waals surface area (Å²) < 4.78 is 0. The van der Waals surface area contributed by atoms with E-state index in [-0.39, 0.29) is 0 Å². The molecule has 0 aromatic carbocycles. The molecule has 15 heavy (non-hydrogen) atoms. The first-order chi connectivity index (χ1) is 7.02. The Kier molecular flexibility index (Phi) is 4.62. The lowest BCUT2D eigenvalue weighted by Crippen LogP contribution is -2.47. The molecule has 1 saturated heterocycles. The van der Waals surface area contributed by atoms with Crippen LogP contribution in [-0.2, 0) is 4.79 Å². The summed E-state index contributed by atoms with van der Waals surface area (Å²) in [4.78, 5) is 14.2. The van der Waals surface area contributed by atoms with E-state index in [1.165, 1.54) is 19.3 Å². The number of amides is 1. The summed E-state index contributed by atoms with van der Waals surface area (Å²) in [5.74, 6) is 0.993. The van der Waals surface area contributed by atoms with Gasteiger partial charge in [-0.05, 0) is 45.4 Å². The lowest BCUT2D eigenvalue weighted by atomic mass is 9.96. The molecule has 0 radical (unpaired) electrons. The zero-order valence-corrected chi connectivity index (χ0v) is 10.6. The van der Waals surface area contributed by atoms with Crippen molar-refractivity contribution >= 4 is 5.91 Å². The van der Waals surface area contributed by atoms with Crippen molar-refractivity contribution in [3.63, 3.8) is 0 Å². The molecular weight excluding hydrogens is 186 g/mol. The molecule has 1 fully saturated rings. The highest BCUT2D eigenvalue weighted by Gasteiger charge is 2.28. The second kappa shape index (κ2) is 5.53. The van der Waals surface area contributed by atoms with Crippen LogP contribution < -0.4 is 0 Å². The summed E-state index contributed by atoms with van der Waals surface area (Å²) in [5, 5.41) is 0. The average molecular weight is 211 g/mol. The third-order valence-corrected chi connectivity index (χ3v) is 3.42. The number of hydrogen-bond acceptors (Lipinski definition) is 1. The Morgan fingerprint density at radius 2 is 1.80 bits per heavy atom. The fraction of sp³-hybridized carbons (Fsp3) is 0.923. The normalized spacial score (nSPS) is 27.1. The van der Waals surface area contributed by atoms with Crippen molar-refractivity contribution in [1.82, 2.24) is 4.90 Å². The molecule has 1 amide bonds. The van der Waals surface area contributed by atoms with Crippen molar-refractivity contribution in [3.8, 4) is 0 Å². The van der Waals surface area contributed by atoms with Gasteiger partial charge in [-0.2, -0.15) is 0 Å². The monoisotopic (exact) mass is 211 g/mol. The predicted octanol–water partition coefficient (Wildman–Crippen LogP) is 3.21. The molecule has 0 spiro atoms. The van der Waals surface area contributed by atoms with Crippen LogP contribution in [0, 0.1) is 5.92 Å². The fourth-order valence-corrected chi connectivity index (χ4v) is 2.45. The van der Waals surface area contributed by atoms with E-state index >= 15 is 0 Å². The average Bonchev–Trinajstić information content (AvgIpc) is 2.14. The van der Waals surface area contributed by atoms with Crippen molar-refractivity contribution in [2.45, 2.75) is 71.9 Å². The highest BCUT2D eigenvalue weighted by Crippen LogP contribution is 2.23. The maximum absolute atomic E-state index is 12.0. The molecule has 0 aromatic heterocycles. The lowest BCUT2D eigenvalue weighted by molar-refractivity contribution is -0.137. The molecule has 0 aliphatic carbocycles. The summed E-state index contributed by atoms with van der Waals surface area (Å²) in [6.07, 6.45) is 5.38. The van der Waals surface area contributed by atoms with Gasteiger partial charge < -0.3 is 4.90 Å². The molecule has 1 heterocycles. The second-order valence-electron chi connectivity index (χ2n) is 5.36. The Labute approximate surface area is 94.0 Å². The van der Waals surface area contributed by atoms with Crippen LogP contribution in [0.3, 0.4) is 0 Å². The Morgan fingerprint density at radius 1 is 1.27 bits per heavy atom. The molecule has 2 atom stereocenters. The fourth-order valence-electron chi connectivity index (χ4n) is 2.45. The van der Waals surface area contributed by atoms with Crippen LogP contribution in [0.1, 0.15) is 59.8 Å². The van der Waals surface area contributed by atoms with Gasteiger partial charge in [-0.1, -0.05) is 13.8 Å². The van der Waals surface area contributed by atoms with Crippen molar-refractivity contribution in [2.24, 2.45) is 5.92 Å². The molecule has 0 saturated carbocycles. The Balaban J connectivity index is 2.48. The van der Waals surface area contributed by atoms with Gasteiger partial charge in [0.05, 0.1) is 0 Å². The topological polar surface area (TPSA) is 20.3 Å². The number of carbonyl (C=O) groups excluding carboxylic acids is 1. The molecule has 1 aliphatic rings. The van der Waals surface area contributed by atoms with Gasteiger partial charge in [0.15, 0.2) is 0 Å². The first kappa shape index (κ1) is 12.5. The minimum Gasteiger partial charge on any atom is -0.337 e. The molecular formula is C13H25NO. The van der Waals surface area contributed by atoms with Crippen LogP contribution in [0.25, 0.3) is 0 Å². The van der Waals surface area contributed by atoms with E-state index in [2.05, 4.69) is 32.6 Å². The van der Waals surface area contributed by atoms with Gasteiger partial charge in [-0.3, -0.25) is 4.79 Å². The number of nitrogens with zero attached hydrogens (tertiary/aromatic N) is 1. The van der Waals surface area contributed by atoms with Gasteiger partial charge in [0, 0.05) is 18.5 Å². The highest BCUT2D eigenvalue weighted by molar-refractivity contribution is 5.76. The van der Waals surface area contributed by atoms with Crippen LogP contribution in [0.5, 0.6) is 0 Å². The summed E-state index contributed by atoms with van der Waals surface area (Å²) in [6.45, 7) is 8.72. The minimum atomic E-state index is 0.364. The van der Waals surface area contributed by atoms with Crippen molar-refractivity contribution in [2.75, 3.05) is 0 Å². The van der Waals surface area contributed by atoms with Gasteiger partial charge in [-0.15, -0.1) is 0 Å². The molecule has 0 aromatic rings. The van der Waals surface area contributed by atoms with E-state index in [1.54, 1.807) is 0 Å². The van der Waals surface area contributed by atoms with Crippen LogP contribution in [0.15, 0.2) is 0 Å². The standard InChI is InChI=1S/C13H25NO/c1-10(2)8-9-13(15)14-11(3)6-5-7-12(14)4/h10-12H,5-9H2,1-4H3/t11-,12+. The van der Waals surface area contributed by atoms with E-state index in [9.17, 15) is 4.79 Å². The molecule has 2 nitrogen and oxygen atoms in total. The zero-order valence-electron chi connectivity index (χ0n) is 10.6. The first-order valence-corrected chi connectivity index (χ1v) is 6.33. The molecule has 88 valence electrons. The van der Waals surface area contributed by atoms with Gasteiger partial charge in [0.2, 0.25) is 5.91 Å². The number of rotatable bonds is 3. The van der Waals surface area contributed by atoms with Crippen molar-refractivity contribution in [3.05, 3.63) is 0 Å². The minimum absolute atomic E-state index is 0.364. The number of hydrogen-bond donors (Lipinski definition) is 0. The van der Waals surface area contributed by atoms with Crippen LogP contribution in [0.2, 0.25) is 0 Å². The quantitative estimate of drug-likeness (QED) is 0.702. The predicted molar refractivity (Wildman–Crippen MR) is 63.7 cm³/mol. The SMILES string of the molecule is CC(C)CCC(=O)N1[C@H](C)CCC[C@@H]1C. The number of carbonyl (C=O) groups is 1. The van der Waals surface area contributed by atoms with E-state index in [1.807, 2.05) is 0 Å². The van der Waals surface area contributed by atoms with Crippen molar-refractivity contribution in [1.29, 1.82) is 0 Å². The largest absolute Gasteiger partial charge is 0.337 e. The number of piperidine rings is 1. The van der Waals surface area contributed by atoms with Crippen LogP contribution in [0.4, 0.5) is 0 Å². The smallest absolute Gasteiger partial charge is 0.223 e. The molecule has 0 N–H and O–H groups in total. The maximum Gasteiger partial charge on any atom is 0.223 e. The molecule has 1 aliphatic heterocycles. The molecule has 0 unspecified atom stereocenters. The van der Waals surface area contributed by atoms with Gasteiger partial charge in [0.25, 0.3) is 0 Å². The van der Waals surface area contributed by atoms with Crippen LogP contribution >= 0.6 is 0 Å². The van der Waals surface area contributed by atoms with E-state index in [0.717, 1.165) is 12.8 Å². The molecule has 0 bridgehead atoms. The zero-order chi connectivity index (χ0) is 11.4. The molecule has 1 rings (SSSR count). The highest BCUT2D eigenvalue weighted by atomic mass is 16.2. The first-order valence-electron chi connectivity index (χ1n) is 6.33. The third kappa shape index (κ3) is 3.51. The molecule has 2 heteroatoms. The summed E-state index contributed by atoms with van der Waals surface area (Å²) >= 11 is 0. The number of likely N-dealkylation sites (tertiary alicyclic amines) is 1. The Morgan fingerprint density at radius 3 is 2.27 bits per heavy atom. The van der Waals surface area contributed by atoms with Crippen molar-refractivity contribution < 1.29 is 4.79 Å². The van der Waals surface area contributed by atoms with Gasteiger partial charge >= 0.3 is 0 Å². The summed E-state index contributed by atoms with van der Waals surface area (Å²) in [6, 6.07) is 0.904.